The first-order valence-electron chi connectivity index (χ1n) is 13.2. The number of aliphatic hydroxyl groups is 1. The van der Waals surface area contributed by atoms with Crippen molar-refractivity contribution in [1.29, 1.82) is 0 Å². The predicted octanol–water partition coefficient (Wildman–Crippen LogP) is 3.41. The molecule has 0 aliphatic carbocycles. The van der Waals surface area contributed by atoms with Crippen LogP contribution in [-0.4, -0.2) is 73.4 Å². The minimum Gasteiger partial charge on any atom is -0.488 e. The lowest BCUT2D eigenvalue weighted by molar-refractivity contribution is -0.115. The normalized spacial score (nSPS) is 18.3. The molecular weight excluding hydrogens is 530 g/mol. The van der Waals surface area contributed by atoms with Crippen molar-refractivity contribution in [3.63, 3.8) is 0 Å². The van der Waals surface area contributed by atoms with Gasteiger partial charge < -0.3 is 20.1 Å². The van der Waals surface area contributed by atoms with Crippen LogP contribution in [0.1, 0.15) is 29.8 Å². The van der Waals surface area contributed by atoms with Gasteiger partial charge in [0.1, 0.15) is 11.9 Å². The Morgan fingerprint density at radius 2 is 1.75 bits per heavy atom. The van der Waals surface area contributed by atoms with Gasteiger partial charge in [-0.3, -0.25) is 9.59 Å². The number of likely N-dealkylation sites (N-methyl/N-ethyl adjacent to an activating group) is 1. The summed E-state index contributed by atoms with van der Waals surface area (Å²) < 4.78 is 34.0. The van der Waals surface area contributed by atoms with Crippen LogP contribution >= 0.6 is 0 Å². The Labute approximate surface area is 235 Å². The van der Waals surface area contributed by atoms with Gasteiger partial charge in [-0.05, 0) is 42.8 Å². The molecule has 9 nitrogen and oxygen atoms in total. The highest BCUT2D eigenvalue weighted by molar-refractivity contribution is 7.89. The Morgan fingerprint density at radius 3 is 2.40 bits per heavy atom. The highest BCUT2D eigenvalue weighted by Crippen LogP contribution is 2.31. The van der Waals surface area contributed by atoms with Crippen molar-refractivity contribution in [2.45, 2.75) is 37.3 Å². The number of hydrogen-bond donors (Lipinski definition) is 2. The van der Waals surface area contributed by atoms with Gasteiger partial charge in [0.15, 0.2) is 0 Å². The van der Waals surface area contributed by atoms with E-state index in [9.17, 15) is 23.1 Å². The van der Waals surface area contributed by atoms with Gasteiger partial charge >= 0.3 is 0 Å². The molecule has 0 saturated carbocycles. The van der Waals surface area contributed by atoms with E-state index < -0.39 is 22.2 Å². The first-order chi connectivity index (χ1) is 19.1. The Bertz CT molecular complexity index is 1430. The van der Waals surface area contributed by atoms with Gasteiger partial charge in [0, 0.05) is 25.2 Å². The van der Waals surface area contributed by atoms with Crippen LogP contribution < -0.4 is 10.1 Å². The molecule has 3 atom stereocenters. The molecule has 40 heavy (non-hydrogen) atoms. The van der Waals surface area contributed by atoms with Gasteiger partial charge in [-0.25, -0.2) is 8.42 Å². The first-order valence-corrected chi connectivity index (χ1v) is 14.6. The average Bonchev–Trinajstić information content (AvgIpc) is 2.95. The minimum absolute atomic E-state index is 0.0446. The van der Waals surface area contributed by atoms with E-state index >= 15 is 0 Å². The second-order valence-corrected chi connectivity index (χ2v) is 12.2. The van der Waals surface area contributed by atoms with Crippen molar-refractivity contribution in [3.05, 3.63) is 90.0 Å². The zero-order valence-corrected chi connectivity index (χ0v) is 23.7. The van der Waals surface area contributed by atoms with Gasteiger partial charge in [0.05, 0.1) is 36.1 Å². The number of ether oxygens (including phenoxy) is 1. The standard InChI is InChI=1S/C30H35N3O6S/c1-21-18-33(22(2)20-34)30(36)26-17-24(31-29(35)16-23-10-6-4-7-11-23)14-15-27(26)39-28(21)19-32(3)40(37,38)25-12-8-5-9-13-25/h4-15,17,21-22,28,34H,16,18-20H2,1-3H3,(H,31,35)/t21-,22-,28-/m1/s1. The minimum atomic E-state index is -3.77. The molecular formula is C30H35N3O6S. The predicted molar refractivity (Wildman–Crippen MR) is 153 cm³/mol. The van der Waals surface area contributed by atoms with E-state index in [1.807, 2.05) is 37.3 Å². The van der Waals surface area contributed by atoms with E-state index in [0.717, 1.165) is 5.56 Å². The number of fused-ring (bicyclic) bond motifs is 1. The summed E-state index contributed by atoms with van der Waals surface area (Å²) in [6.07, 6.45) is -0.417. The number of carbonyl (C=O) groups excluding carboxylic acids is 2. The highest BCUT2D eigenvalue weighted by atomic mass is 32.2. The molecule has 4 rings (SSSR count). The molecule has 0 unspecified atom stereocenters. The number of carbonyl (C=O) groups is 2. The van der Waals surface area contributed by atoms with Gasteiger partial charge in [-0.2, -0.15) is 4.31 Å². The van der Waals surface area contributed by atoms with Crippen LogP contribution in [0.4, 0.5) is 5.69 Å². The van der Waals surface area contributed by atoms with Crippen LogP contribution in [0.3, 0.4) is 0 Å². The fourth-order valence-electron chi connectivity index (χ4n) is 4.63. The smallest absolute Gasteiger partial charge is 0.258 e. The number of aliphatic hydroxyl groups excluding tert-OH is 1. The monoisotopic (exact) mass is 565 g/mol. The van der Waals surface area contributed by atoms with Gasteiger partial charge in [0.2, 0.25) is 15.9 Å². The Balaban J connectivity index is 1.62. The van der Waals surface area contributed by atoms with Crippen molar-refractivity contribution < 1.29 is 27.9 Å². The summed E-state index contributed by atoms with van der Waals surface area (Å²) in [5.74, 6) is -0.551. The molecule has 1 heterocycles. The summed E-state index contributed by atoms with van der Waals surface area (Å²) in [4.78, 5) is 28.1. The number of rotatable bonds is 9. The summed E-state index contributed by atoms with van der Waals surface area (Å²) in [7, 11) is -2.26. The quantitative estimate of drug-likeness (QED) is 0.411. The highest BCUT2D eigenvalue weighted by Gasteiger charge is 2.35. The lowest BCUT2D eigenvalue weighted by Gasteiger charge is -2.38. The number of hydrogen-bond acceptors (Lipinski definition) is 6. The molecule has 3 aromatic carbocycles. The van der Waals surface area contributed by atoms with E-state index in [4.69, 9.17) is 4.74 Å². The molecule has 2 amide bonds. The molecule has 3 aromatic rings. The molecule has 0 saturated heterocycles. The SMILES string of the molecule is C[C@@H]1CN([C@H](C)CO)C(=O)c2cc(NC(=O)Cc3ccccc3)ccc2O[C@@H]1CN(C)S(=O)(=O)c1ccccc1. The van der Waals surface area contributed by atoms with Crippen molar-refractivity contribution in [1.82, 2.24) is 9.21 Å². The van der Waals surface area contributed by atoms with Crippen molar-refractivity contribution in [3.8, 4) is 5.75 Å². The molecule has 2 N–H and O–H groups in total. The van der Waals surface area contributed by atoms with Crippen molar-refractivity contribution in [2.24, 2.45) is 5.92 Å². The molecule has 0 spiro atoms. The summed E-state index contributed by atoms with van der Waals surface area (Å²) in [6, 6.07) is 21.9. The molecule has 0 radical (unpaired) electrons. The maximum absolute atomic E-state index is 13.7. The zero-order chi connectivity index (χ0) is 28.9. The van der Waals surface area contributed by atoms with Gasteiger partial charge in [-0.1, -0.05) is 55.5 Å². The largest absolute Gasteiger partial charge is 0.488 e. The second kappa shape index (κ2) is 12.6. The molecule has 1 aliphatic rings. The molecule has 0 bridgehead atoms. The Morgan fingerprint density at radius 1 is 1.10 bits per heavy atom. The van der Waals surface area contributed by atoms with Gasteiger partial charge in [0.25, 0.3) is 5.91 Å². The Hall–Kier alpha value is -3.73. The van der Waals surface area contributed by atoms with Crippen LogP contribution in [0.5, 0.6) is 5.75 Å². The fraction of sp³-hybridized carbons (Fsp3) is 0.333. The number of nitrogens with zero attached hydrogens (tertiary/aromatic N) is 2. The summed E-state index contributed by atoms with van der Waals surface area (Å²) >= 11 is 0. The van der Waals surface area contributed by atoms with E-state index in [1.54, 1.807) is 60.4 Å². The van der Waals surface area contributed by atoms with Crippen LogP contribution in [0, 0.1) is 5.92 Å². The van der Waals surface area contributed by atoms with E-state index in [0.29, 0.717) is 5.69 Å². The zero-order valence-electron chi connectivity index (χ0n) is 22.9. The second-order valence-electron chi connectivity index (χ2n) is 10.1. The van der Waals surface area contributed by atoms with E-state index in [2.05, 4.69) is 5.32 Å². The topological polar surface area (TPSA) is 116 Å². The molecule has 212 valence electrons. The number of nitrogens with one attached hydrogen (secondary N) is 1. The summed E-state index contributed by atoms with van der Waals surface area (Å²) in [5.41, 5.74) is 1.52. The molecule has 0 fully saturated rings. The lowest BCUT2D eigenvalue weighted by Crippen LogP contribution is -2.50. The van der Waals surface area contributed by atoms with Crippen molar-refractivity contribution >= 4 is 27.5 Å². The van der Waals surface area contributed by atoms with E-state index in [-0.39, 0.29) is 60.1 Å². The maximum Gasteiger partial charge on any atom is 0.258 e. The van der Waals surface area contributed by atoms with Crippen LogP contribution in [-0.2, 0) is 21.2 Å². The molecule has 1 aliphatic heterocycles. The molecule has 10 heteroatoms. The lowest BCUT2D eigenvalue weighted by atomic mass is 9.99. The number of anilines is 1. The molecule has 0 aromatic heterocycles. The van der Waals surface area contributed by atoms with Crippen LogP contribution in [0.15, 0.2) is 83.8 Å². The maximum atomic E-state index is 13.7. The number of amides is 2. The summed E-state index contributed by atoms with van der Waals surface area (Å²) in [6.45, 7) is 3.69. The van der Waals surface area contributed by atoms with Gasteiger partial charge in [-0.15, -0.1) is 0 Å². The third kappa shape index (κ3) is 6.70. The third-order valence-electron chi connectivity index (χ3n) is 7.04. The first kappa shape index (κ1) is 29.3. The van der Waals surface area contributed by atoms with Crippen LogP contribution in [0.25, 0.3) is 0 Å². The fourth-order valence-corrected chi connectivity index (χ4v) is 5.83. The average molecular weight is 566 g/mol. The van der Waals surface area contributed by atoms with E-state index in [1.165, 1.54) is 11.4 Å². The van der Waals surface area contributed by atoms with Crippen LogP contribution in [0.2, 0.25) is 0 Å². The Kier molecular flexibility index (Phi) is 9.24. The summed E-state index contributed by atoms with van der Waals surface area (Å²) in [5, 5.41) is 12.7. The van der Waals surface area contributed by atoms with Crippen molar-refractivity contribution in [2.75, 3.05) is 32.1 Å². The number of sulfonamides is 1. The third-order valence-corrected chi connectivity index (χ3v) is 8.88. The number of benzene rings is 3.